The third-order valence-electron chi connectivity index (χ3n) is 5.96. The van der Waals surface area contributed by atoms with Crippen LogP contribution in [0.4, 0.5) is 8.78 Å². The summed E-state index contributed by atoms with van der Waals surface area (Å²) in [6.07, 6.45) is 0.584. The van der Waals surface area contributed by atoms with E-state index in [9.17, 15) is 18.4 Å². The molecule has 1 aliphatic heterocycles. The molecule has 1 amide bonds. The first kappa shape index (κ1) is 27.0. The van der Waals surface area contributed by atoms with Gasteiger partial charge in [-0.1, -0.05) is 29.8 Å². The highest BCUT2D eigenvalue weighted by Crippen LogP contribution is 2.25. The Morgan fingerprint density at radius 1 is 1.00 bits per heavy atom. The summed E-state index contributed by atoms with van der Waals surface area (Å²) in [4.78, 5) is 27.9. The van der Waals surface area contributed by atoms with Crippen molar-refractivity contribution in [1.82, 2.24) is 9.80 Å². The van der Waals surface area contributed by atoms with E-state index in [2.05, 4.69) is 4.90 Å². The molecule has 2 aromatic carbocycles. The van der Waals surface area contributed by atoms with Crippen molar-refractivity contribution in [2.45, 2.75) is 38.9 Å². The van der Waals surface area contributed by atoms with Gasteiger partial charge in [0.15, 0.2) is 0 Å². The van der Waals surface area contributed by atoms with Crippen molar-refractivity contribution in [2.24, 2.45) is 0 Å². The molecule has 3 rings (SSSR count). The number of ether oxygens (including phenoxy) is 2. The predicted molar refractivity (Wildman–Crippen MR) is 129 cm³/mol. The summed E-state index contributed by atoms with van der Waals surface area (Å²) in [6.45, 7) is 4.80. The maximum absolute atomic E-state index is 14.1. The Morgan fingerprint density at radius 3 is 2.29 bits per heavy atom. The molecular weight excluding hydrogens is 478 g/mol. The van der Waals surface area contributed by atoms with Gasteiger partial charge in [0, 0.05) is 56.2 Å². The molecule has 9 heteroatoms. The Balaban J connectivity index is 1.55. The van der Waals surface area contributed by atoms with E-state index in [0.29, 0.717) is 57.2 Å². The quantitative estimate of drug-likeness (QED) is 0.410. The summed E-state index contributed by atoms with van der Waals surface area (Å²) in [5.74, 6) is -1.55. The number of hydrogen-bond acceptors (Lipinski definition) is 5. The van der Waals surface area contributed by atoms with Gasteiger partial charge in [0.2, 0.25) is 5.91 Å². The van der Waals surface area contributed by atoms with E-state index in [1.807, 2.05) is 12.1 Å². The fourth-order valence-electron chi connectivity index (χ4n) is 3.98. The molecule has 0 aliphatic carbocycles. The van der Waals surface area contributed by atoms with Crippen molar-refractivity contribution in [3.05, 3.63) is 70.2 Å². The van der Waals surface area contributed by atoms with Gasteiger partial charge in [-0.25, -0.2) is 8.78 Å². The number of hydrogen-bond donors (Lipinski definition) is 0. The molecule has 0 aromatic heterocycles. The number of piperazine rings is 1. The molecule has 6 nitrogen and oxygen atoms in total. The molecule has 0 N–H and O–H groups in total. The second-order valence-corrected chi connectivity index (χ2v) is 8.83. The van der Waals surface area contributed by atoms with Crippen LogP contribution in [0.15, 0.2) is 42.5 Å². The molecule has 1 heterocycles. The first-order valence-corrected chi connectivity index (χ1v) is 12.2. The van der Waals surface area contributed by atoms with Crippen molar-refractivity contribution in [3.63, 3.8) is 0 Å². The number of rotatable bonds is 11. The van der Waals surface area contributed by atoms with Gasteiger partial charge in [-0.3, -0.25) is 14.5 Å². The predicted octanol–water partition coefficient (Wildman–Crippen LogP) is 4.75. The van der Waals surface area contributed by atoms with Gasteiger partial charge in [-0.2, -0.15) is 0 Å². The number of carbonyl (C=O) groups excluding carboxylic acids is 2. The third kappa shape index (κ3) is 8.26. The summed E-state index contributed by atoms with van der Waals surface area (Å²) >= 11 is 6.02. The maximum Gasteiger partial charge on any atom is 0.305 e. The van der Waals surface area contributed by atoms with Crippen molar-refractivity contribution >= 4 is 23.5 Å². The Labute approximate surface area is 209 Å². The fraction of sp³-hybridized carbons (Fsp3) is 0.462. The minimum Gasteiger partial charge on any atom is -0.466 e. The van der Waals surface area contributed by atoms with E-state index in [0.717, 1.165) is 5.56 Å². The fourth-order valence-corrected chi connectivity index (χ4v) is 4.10. The Bertz CT molecular complexity index is 962. The largest absolute Gasteiger partial charge is 0.466 e. The van der Waals surface area contributed by atoms with E-state index < -0.39 is 17.7 Å². The Hall–Kier alpha value is -2.55. The molecule has 1 saturated heterocycles. The molecule has 1 fully saturated rings. The lowest BCUT2D eigenvalue weighted by Crippen LogP contribution is -2.49. The SMILES string of the molecule is CCOC(=O)CCCC(=O)N1CCN(C[C@@H](OCc2c(F)cccc2F)c2ccc(Cl)cc2)CC1. The highest BCUT2D eigenvalue weighted by atomic mass is 35.5. The average Bonchev–Trinajstić information content (AvgIpc) is 2.84. The molecule has 0 bridgehead atoms. The first-order valence-electron chi connectivity index (χ1n) is 11.8. The zero-order valence-electron chi connectivity index (χ0n) is 19.9. The molecule has 1 aliphatic rings. The topological polar surface area (TPSA) is 59.1 Å². The van der Waals surface area contributed by atoms with Gasteiger partial charge >= 0.3 is 5.97 Å². The van der Waals surface area contributed by atoms with Crippen molar-refractivity contribution in [2.75, 3.05) is 39.3 Å². The van der Waals surface area contributed by atoms with Gasteiger partial charge in [-0.05, 0) is 43.2 Å². The Morgan fingerprint density at radius 2 is 1.66 bits per heavy atom. The molecule has 1 atom stereocenters. The van der Waals surface area contributed by atoms with Crippen LogP contribution in [0.25, 0.3) is 0 Å². The van der Waals surface area contributed by atoms with Gasteiger partial charge < -0.3 is 14.4 Å². The molecule has 190 valence electrons. The summed E-state index contributed by atoms with van der Waals surface area (Å²) in [5.41, 5.74) is 0.744. The van der Waals surface area contributed by atoms with Crippen LogP contribution in [0.2, 0.25) is 5.02 Å². The van der Waals surface area contributed by atoms with Crippen LogP contribution in [-0.2, 0) is 25.7 Å². The van der Waals surface area contributed by atoms with Crippen LogP contribution < -0.4 is 0 Å². The van der Waals surface area contributed by atoms with Crippen LogP contribution >= 0.6 is 11.6 Å². The van der Waals surface area contributed by atoms with E-state index in [1.54, 1.807) is 24.0 Å². The zero-order valence-corrected chi connectivity index (χ0v) is 20.6. The Kier molecular flexibility index (Phi) is 10.4. The third-order valence-corrected chi connectivity index (χ3v) is 6.21. The van der Waals surface area contributed by atoms with Crippen molar-refractivity contribution in [3.8, 4) is 0 Å². The van der Waals surface area contributed by atoms with E-state index >= 15 is 0 Å². The number of esters is 1. The lowest BCUT2D eigenvalue weighted by atomic mass is 10.1. The first-order chi connectivity index (χ1) is 16.9. The molecular formula is C26H31ClF2N2O4. The number of nitrogens with zero attached hydrogens (tertiary/aromatic N) is 2. The number of carbonyl (C=O) groups is 2. The number of halogens is 3. The van der Waals surface area contributed by atoms with Gasteiger partial charge in [0.1, 0.15) is 11.6 Å². The van der Waals surface area contributed by atoms with Crippen LogP contribution in [0.5, 0.6) is 0 Å². The van der Waals surface area contributed by atoms with Gasteiger partial charge in [-0.15, -0.1) is 0 Å². The van der Waals surface area contributed by atoms with Crippen LogP contribution in [-0.4, -0.2) is 61.0 Å². The monoisotopic (exact) mass is 508 g/mol. The average molecular weight is 509 g/mol. The number of benzene rings is 2. The molecule has 2 aromatic rings. The van der Waals surface area contributed by atoms with Crippen molar-refractivity contribution in [1.29, 1.82) is 0 Å². The van der Waals surface area contributed by atoms with E-state index in [4.69, 9.17) is 21.1 Å². The summed E-state index contributed by atoms with van der Waals surface area (Å²) in [6, 6.07) is 10.9. The second-order valence-electron chi connectivity index (χ2n) is 8.39. The smallest absolute Gasteiger partial charge is 0.305 e. The standard InChI is InChI=1S/C26H31ClF2N2O4/c1-2-34-26(33)8-4-7-25(32)31-15-13-30(14-16-31)17-24(19-9-11-20(27)12-10-19)35-18-21-22(28)5-3-6-23(21)29/h3,5-6,9-12,24H,2,4,7-8,13-18H2,1H3/t24-/m1/s1. The summed E-state index contributed by atoms with van der Waals surface area (Å²) in [5, 5.41) is 0.586. The van der Waals surface area contributed by atoms with Crippen LogP contribution in [0.3, 0.4) is 0 Å². The van der Waals surface area contributed by atoms with Crippen molar-refractivity contribution < 1.29 is 27.8 Å². The maximum atomic E-state index is 14.1. The highest BCUT2D eigenvalue weighted by molar-refractivity contribution is 6.30. The lowest BCUT2D eigenvalue weighted by molar-refractivity contribution is -0.143. The van der Waals surface area contributed by atoms with E-state index in [1.165, 1.54) is 18.2 Å². The molecule has 35 heavy (non-hydrogen) atoms. The van der Waals surface area contributed by atoms with E-state index in [-0.39, 0.29) is 30.5 Å². The molecule has 0 unspecified atom stereocenters. The normalized spacial score (nSPS) is 15.1. The minimum atomic E-state index is -0.644. The molecule has 0 spiro atoms. The summed E-state index contributed by atoms with van der Waals surface area (Å²) in [7, 11) is 0. The zero-order chi connectivity index (χ0) is 25.2. The number of amides is 1. The molecule has 0 saturated carbocycles. The molecule has 0 radical (unpaired) electrons. The second kappa shape index (κ2) is 13.5. The van der Waals surface area contributed by atoms with Gasteiger partial charge in [0.25, 0.3) is 0 Å². The van der Waals surface area contributed by atoms with Gasteiger partial charge in [0.05, 0.1) is 19.3 Å². The minimum absolute atomic E-state index is 0.0227. The summed E-state index contributed by atoms with van der Waals surface area (Å²) < 4.78 is 39.1. The lowest BCUT2D eigenvalue weighted by Gasteiger charge is -2.36. The highest BCUT2D eigenvalue weighted by Gasteiger charge is 2.25. The van der Waals surface area contributed by atoms with Crippen LogP contribution in [0.1, 0.15) is 43.4 Å². The van der Waals surface area contributed by atoms with Crippen LogP contribution in [0, 0.1) is 11.6 Å².